The molecular weight excluding hydrogens is 545 g/mol. The highest BCUT2D eigenvalue weighted by Gasteiger charge is 2.24. The van der Waals surface area contributed by atoms with E-state index in [2.05, 4.69) is 28.8 Å². The van der Waals surface area contributed by atoms with Crippen LogP contribution >= 0.6 is 23.2 Å². The average Bonchev–Trinajstić information content (AvgIpc) is 3.32. The van der Waals surface area contributed by atoms with E-state index in [1.165, 1.54) is 42.5 Å². The number of ether oxygens (including phenoxy) is 1. The van der Waals surface area contributed by atoms with Gasteiger partial charge in [0.15, 0.2) is 0 Å². The Hall–Kier alpha value is -2.78. The number of para-hydroxylation sites is 1. The summed E-state index contributed by atoms with van der Waals surface area (Å²) >= 11 is 12.3. The molecule has 3 aromatic carbocycles. The lowest BCUT2D eigenvalue weighted by Crippen LogP contribution is -2.32. The van der Waals surface area contributed by atoms with Crippen molar-refractivity contribution in [3.63, 3.8) is 0 Å². The van der Waals surface area contributed by atoms with Crippen LogP contribution in [0.3, 0.4) is 0 Å². The lowest BCUT2D eigenvalue weighted by atomic mass is 10.1. The Morgan fingerprint density at radius 3 is 2.53 bits per heavy atom. The van der Waals surface area contributed by atoms with Crippen LogP contribution < -0.4 is 14.8 Å². The fourth-order valence-corrected chi connectivity index (χ4v) is 5.86. The first-order valence-corrected chi connectivity index (χ1v) is 14.7. The Morgan fingerprint density at radius 1 is 1.08 bits per heavy atom. The summed E-state index contributed by atoms with van der Waals surface area (Å²) in [6.07, 6.45) is 1.01. The fourth-order valence-electron chi connectivity index (χ4n) is 4.43. The molecule has 38 heavy (non-hydrogen) atoms. The molecule has 7 nitrogen and oxygen atoms in total. The van der Waals surface area contributed by atoms with Crippen LogP contribution in [-0.4, -0.2) is 45.4 Å². The normalized spacial score (nSPS) is 16.0. The maximum atomic E-state index is 13.1. The molecule has 0 bridgehead atoms. The minimum absolute atomic E-state index is 0.0153. The third-order valence-corrected chi connectivity index (χ3v) is 8.14. The van der Waals surface area contributed by atoms with Gasteiger partial charge in [-0.1, -0.05) is 49.2 Å². The number of halogens is 2. The molecule has 0 unspecified atom stereocenters. The molecule has 1 fully saturated rings. The van der Waals surface area contributed by atoms with E-state index < -0.39 is 10.0 Å². The van der Waals surface area contributed by atoms with Crippen LogP contribution in [-0.2, 0) is 10.0 Å². The number of sulfonamides is 1. The van der Waals surface area contributed by atoms with Crippen LogP contribution in [0.5, 0.6) is 11.5 Å². The second-order valence-electron chi connectivity index (χ2n) is 9.82. The summed E-state index contributed by atoms with van der Waals surface area (Å²) in [6.45, 7) is 7.89. The smallest absolute Gasteiger partial charge is 0.261 e. The van der Waals surface area contributed by atoms with Gasteiger partial charge in [0.05, 0.1) is 21.2 Å². The fraction of sp³-hybridized carbons (Fsp3) is 0.321. The number of likely N-dealkylation sites (tertiary alicyclic amines) is 1. The first-order chi connectivity index (χ1) is 18.1. The molecule has 0 aromatic heterocycles. The number of carbonyl (C=O) groups is 1. The molecule has 0 spiro atoms. The van der Waals surface area contributed by atoms with Crippen molar-refractivity contribution >= 4 is 44.8 Å². The number of nitrogens with zero attached hydrogens (tertiary/aromatic N) is 1. The zero-order valence-corrected chi connectivity index (χ0v) is 23.6. The Kier molecular flexibility index (Phi) is 9.20. The molecule has 2 N–H and O–H groups in total. The van der Waals surface area contributed by atoms with E-state index in [0.717, 1.165) is 26.1 Å². The van der Waals surface area contributed by atoms with Gasteiger partial charge < -0.3 is 15.0 Å². The first kappa shape index (κ1) is 28.2. The van der Waals surface area contributed by atoms with Crippen molar-refractivity contribution in [2.75, 3.05) is 30.9 Å². The van der Waals surface area contributed by atoms with E-state index in [1.54, 1.807) is 24.3 Å². The SMILES string of the molecule is CC(C)CN1CC[C@H](CNC(=O)c2cc(Cl)ccc2NS(=O)(=O)c2ccc(Oc3ccccc3Cl)cc2)C1. The monoisotopic (exact) mass is 575 g/mol. The molecule has 1 atom stereocenters. The van der Waals surface area contributed by atoms with Gasteiger partial charge in [0.1, 0.15) is 11.5 Å². The molecule has 202 valence electrons. The van der Waals surface area contributed by atoms with E-state index >= 15 is 0 Å². The Morgan fingerprint density at radius 2 is 1.82 bits per heavy atom. The highest BCUT2D eigenvalue weighted by Crippen LogP contribution is 2.30. The van der Waals surface area contributed by atoms with Gasteiger partial charge >= 0.3 is 0 Å². The number of anilines is 1. The maximum Gasteiger partial charge on any atom is 0.261 e. The topological polar surface area (TPSA) is 87.7 Å². The molecular formula is C28H31Cl2N3O4S. The molecule has 0 radical (unpaired) electrons. The van der Waals surface area contributed by atoms with Crippen LogP contribution in [0.25, 0.3) is 0 Å². The van der Waals surface area contributed by atoms with Gasteiger partial charge in [0.2, 0.25) is 0 Å². The molecule has 1 heterocycles. The quantitative estimate of drug-likeness (QED) is 0.296. The number of hydrogen-bond donors (Lipinski definition) is 2. The molecule has 1 aliphatic rings. The number of hydrogen-bond acceptors (Lipinski definition) is 5. The summed E-state index contributed by atoms with van der Waals surface area (Å²) in [5, 5.41) is 3.74. The van der Waals surface area contributed by atoms with Crippen LogP contribution in [0.2, 0.25) is 10.0 Å². The molecule has 3 aromatic rings. The predicted molar refractivity (Wildman–Crippen MR) is 152 cm³/mol. The van der Waals surface area contributed by atoms with Crippen molar-refractivity contribution in [3.05, 3.63) is 82.3 Å². The van der Waals surface area contributed by atoms with E-state index in [9.17, 15) is 13.2 Å². The van der Waals surface area contributed by atoms with Gasteiger partial charge in [-0.3, -0.25) is 9.52 Å². The zero-order valence-electron chi connectivity index (χ0n) is 21.3. The highest BCUT2D eigenvalue weighted by atomic mass is 35.5. The second kappa shape index (κ2) is 12.4. The predicted octanol–water partition coefficient (Wildman–Crippen LogP) is 6.29. The molecule has 0 saturated carbocycles. The first-order valence-electron chi connectivity index (χ1n) is 12.5. The van der Waals surface area contributed by atoms with Crippen LogP contribution in [0.1, 0.15) is 30.6 Å². The van der Waals surface area contributed by atoms with Gasteiger partial charge in [-0.25, -0.2) is 8.42 Å². The van der Waals surface area contributed by atoms with Gasteiger partial charge in [-0.15, -0.1) is 0 Å². The van der Waals surface area contributed by atoms with Crippen molar-refractivity contribution in [1.29, 1.82) is 0 Å². The Labute approximate surface area is 234 Å². The summed E-state index contributed by atoms with van der Waals surface area (Å²) in [4.78, 5) is 15.5. The van der Waals surface area contributed by atoms with Crippen LogP contribution in [0.15, 0.2) is 71.6 Å². The number of carbonyl (C=O) groups excluding carboxylic acids is 1. The lowest BCUT2D eigenvalue weighted by Gasteiger charge is -2.18. The second-order valence-corrected chi connectivity index (χ2v) is 12.3. The summed E-state index contributed by atoms with van der Waals surface area (Å²) in [7, 11) is -3.99. The van der Waals surface area contributed by atoms with Gasteiger partial charge in [-0.05, 0) is 79.4 Å². The minimum atomic E-state index is -3.99. The highest BCUT2D eigenvalue weighted by molar-refractivity contribution is 7.92. The standard InChI is InChI=1S/C28H31Cl2N3O4S/c1-19(2)17-33-14-13-20(18-33)16-31-28(34)24-15-21(29)7-12-26(24)32-38(35,36)23-10-8-22(9-11-23)37-27-6-4-3-5-25(27)30/h3-12,15,19-20,32H,13-14,16-18H2,1-2H3,(H,31,34)/t20-/m1/s1. The molecule has 1 amide bonds. The molecule has 4 rings (SSSR count). The van der Waals surface area contributed by atoms with Gasteiger partial charge in [-0.2, -0.15) is 0 Å². The van der Waals surface area contributed by atoms with Crippen LogP contribution in [0.4, 0.5) is 5.69 Å². The van der Waals surface area contributed by atoms with Crippen molar-refractivity contribution in [1.82, 2.24) is 10.2 Å². The van der Waals surface area contributed by atoms with E-state index in [0.29, 0.717) is 39.9 Å². The average molecular weight is 577 g/mol. The zero-order chi connectivity index (χ0) is 27.3. The number of benzene rings is 3. The molecule has 1 aliphatic heterocycles. The number of nitrogens with one attached hydrogen (secondary N) is 2. The van der Waals surface area contributed by atoms with Crippen molar-refractivity contribution in [3.8, 4) is 11.5 Å². The largest absolute Gasteiger partial charge is 0.456 e. The Balaban J connectivity index is 1.43. The van der Waals surface area contributed by atoms with E-state index in [4.69, 9.17) is 27.9 Å². The molecule has 0 aliphatic carbocycles. The van der Waals surface area contributed by atoms with E-state index in [-0.39, 0.29) is 22.1 Å². The molecule has 10 heteroatoms. The lowest BCUT2D eigenvalue weighted by molar-refractivity contribution is 0.0948. The summed E-state index contributed by atoms with van der Waals surface area (Å²) in [5.41, 5.74) is 0.313. The van der Waals surface area contributed by atoms with Crippen molar-refractivity contribution in [2.24, 2.45) is 11.8 Å². The van der Waals surface area contributed by atoms with Crippen LogP contribution in [0, 0.1) is 11.8 Å². The minimum Gasteiger partial charge on any atom is -0.456 e. The molecule has 1 saturated heterocycles. The van der Waals surface area contributed by atoms with Gasteiger partial charge in [0.25, 0.3) is 15.9 Å². The third kappa shape index (κ3) is 7.41. The maximum absolute atomic E-state index is 13.1. The Bertz CT molecular complexity index is 1380. The number of rotatable bonds is 10. The van der Waals surface area contributed by atoms with E-state index in [1.807, 2.05) is 0 Å². The third-order valence-electron chi connectivity index (χ3n) is 6.21. The van der Waals surface area contributed by atoms with Crippen molar-refractivity contribution < 1.29 is 17.9 Å². The summed E-state index contributed by atoms with van der Waals surface area (Å²) < 4.78 is 34.5. The summed E-state index contributed by atoms with van der Waals surface area (Å²) in [6, 6.07) is 17.4. The van der Waals surface area contributed by atoms with Crippen molar-refractivity contribution in [2.45, 2.75) is 25.2 Å². The van der Waals surface area contributed by atoms with Gasteiger partial charge in [0, 0.05) is 24.7 Å². The summed E-state index contributed by atoms with van der Waals surface area (Å²) in [5.74, 6) is 1.46. The number of amides is 1.